The van der Waals surface area contributed by atoms with Crippen molar-refractivity contribution in [3.63, 3.8) is 0 Å². The van der Waals surface area contributed by atoms with E-state index in [1.807, 2.05) is 30.3 Å². The maximum absolute atomic E-state index is 5.89. The minimum Gasteiger partial charge on any atom is -0.328 e. The fourth-order valence-corrected chi connectivity index (χ4v) is 2.21. The predicted octanol–water partition coefficient (Wildman–Crippen LogP) is 2.20. The zero-order valence-corrected chi connectivity index (χ0v) is 11.8. The Bertz CT molecular complexity index is 703. The predicted molar refractivity (Wildman–Crippen MR) is 81.6 cm³/mol. The lowest BCUT2D eigenvalue weighted by Gasteiger charge is -2.13. The number of aryl methyl sites for hydroxylation is 1. The minimum atomic E-state index is -0.101. The standard InChI is InChI=1S/C16H17N5/c1-12-7-9-13(10-8-12)15(11-17)21-19-16(18-20-21)14-5-3-2-4-6-14/h2-10,15H,11,17H2,1H3. The number of nitrogens with zero attached hydrogens (tertiary/aromatic N) is 4. The molecule has 5 nitrogen and oxygen atoms in total. The summed E-state index contributed by atoms with van der Waals surface area (Å²) in [5.41, 5.74) is 9.14. The highest BCUT2D eigenvalue weighted by Crippen LogP contribution is 2.18. The molecule has 1 unspecified atom stereocenters. The maximum atomic E-state index is 5.89. The second-order valence-corrected chi connectivity index (χ2v) is 4.96. The van der Waals surface area contributed by atoms with Crippen LogP contribution in [0.25, 0.3) is 11.4 Å². The topological polar surface area (TPSA) is 69.6 Å². The number of hydrogen-bond donors (Lipinski definition) is 1. The molecule has 106 valence electrons. The molecule has 5 heteroatoms. The summed E-state index contributed by atoms with van der Waals surface area (Å²) in [6.07, 6.45) is 0. The molecule has 0 spiro atoms. The molecule has 0 aliphatic carbocycles. The van der Waals surface area contributed by atoms with Crippen molar-refractivity contribution >= 4 is 0 Å². The normalized spacial score (nSPS) is 12.3. The van der Waals surface area contributed by atoms with E-state index in [0.717, 1.165) is 11.1 Å². The zero-order valence-electron chi connectivity index (χ0n) is 11.8. The van der Waals surface area contributed by atoms with Gasteiger partial charge in [0.2, 0.25) is 5.82 Å². The highest BCUT2D eigenvalue weighted by molar-refractivity contribution is 5.53. The van der Waals surface area contributed by atoms with Gasteiger partial charge in [-0.25, -0.2) is 0 Å². The van der Waals surface area contributed by atoms with Gasteiger partial charge in [0, 0.05) is 12.1 Å². The molecule has 2 aromatic carbocycles. The lowest BCUT2D eigenvalue weighted by Crippen LogP contribution is -2.22. The van der Waals surface area contributed by atoms with Gasteiger partial charge in [-0.3, -0.25) is 0 Å². The molecular formula is C16H17N5. The fraction of sp³-hybridized carbons (Fsp3) is 0.188. The third-order valence-electron chi connectivity index (χ3n) is 3.42. The zero-order chi connectivity index (χ0) is 14.7. The van der Waals surface area contributed by atoms with Crippen LogP contribution in [0.2, 0.25) is 0 Å². The second kappa shape index (κ2) is 5.85. The molecule has 1 atom stereocenters. The largest absolute Gasteiger partial charge is 0.328 e. The van der Waals surface area contributed by atoms with E-state index in [0.29, 0.717) is 12.4 Å². The first-order chi connectivity index (χ1) is 10.3. The first kappa shape index (κ1) is 13.5. The van der Waals surface area contributed by atoms with Crippen LogP contribution in [0.5, 0.6) is 0 Å². The summed E-state index contributed by atoms with van der Waals surface area (Å²) in [4.78, 5) is 1.59. The van der Waals surface area contributed by atoms with Crippen LogP contribution in [0.4, 0.5) is 0 Å². The molecular weight excluding hydrogens is 262 g/mol. The van der Waals surface area contributed by atoms with E-state index < -0.39 is 0 Å². The van der Waals surface area contributed by atoms with Gasteiger partial charge in [-0.1, -0.05) is 60.2 Å². The van der Waals surface area contributed by atoms with Crippen molar-refractivity contribution in [2.45, 2.75) is 13.0 Å². The van der Waals surface area contributed by atoms with Crippen LogP contribution in [0.3, 0.4) is 0 Å². The summed E-state index contributed by atoms with van der Waals surface area (Å²) < 4.78 is 0. The number of hydrogen-bond acceptors (Lipinski definition) is 4. The molecule has 0 fully saturated rings. The number of tetrazole rings is 1. The van der Waals surface area contributed by atoms with Gasteiger partial charge in [-0.2, -0.15) is 4.80 Å². The summed E-state index contributed by atoms with van der Waals surface area (Å²) in [5.74, 6) is 0.612. The van der Waals surface area contributed by atoms with Gasteiger partial charge < -0.3 is 5.73 Å². The third-order valence-corrected chi connectivity index (χ3v) is 3.42. The van der Waals surface area contributed by atoms with E-state index in [-0.39, 0.29) is 6.04 Å². The number of benzene rings is 2. The molecule has 0 amide bonds. The third kappa shape index (κ3) is 2.83. The van der Waals surface area contributed by atoms with Gasteiger partial charge in [0.1, 0.15) is 6.04 Å². The summed E-state index contributed by atoms with van der Waals surface area (Å²) in [7, 11) is 0. The van der Waals surface area contributed by atoms with Crippen LogP contribution in [-0.2, 0) is 0 Å². The molecule has 0 aliphatic rings. The number of aromatic nitrogens is 4. The van der Waals surface area contributed by atoms with Gasteiger partial charge >= 0.3 is 0 Å². The van der Waals surface area contributed by atoms with Crippen molar-refractivity contribution in [3.8, 4) is 11.4 Å². The molecule has 0 saturated heterocycles. The summed E-state index contributed by atoms with van der Waals surface area (Å²) >= 11 is 0. The van der Waals surface area contributed by atoms with E-state index in [4.69, 9.17) is 5.73 Å². The maximum Gasteiger partial charge on any atom is 0.204 e. The Hall–Kier alpha value is -2.53. The molecule has 1 heterocycles. The summed E-state index contributed by atoms with van der Waals surface area (Å²) in [6.45, 7) is 2.48. The van der Waals surface area contributed by atoms with E-state index in [1.54, 1.807) is 4.80 Å². The first-order valence-electron chi connectivity index (χ1n) is 6.89. The number of rotatable bonds is 4. The Labute approximate surface area is 123 Å². The molecule has 0 aliphatic heterocycles. The molecule has 21 heavy (non-hydrogen) atoms. The summed E-state index contributed by atoms with van der Waals surface area (Å²) in [6, 6.07) is 17.9. The Morgan fingerprint density at radius 3 is 2.43 bits per heavy atom. The Balaban J connectivity index is 1.92. The average Bonchev–Trinajstić information content (AvgIpc) is 3.00. The molecule has 1 aromatic heterocycles. The van der Waals surface area contributed by atoms with Gasteiger partial charge in [-0.05, 0) is 17.7 Å². The van der Waals surface area contributed by atoms with Crippen molar-refractivity contribution in [3.05, 3.63) is 65.7 Å². The van der Waals surface area contributed by atoms with Crippen molar-refractivity contribution in [2.24, 2.45) is 5.73 Å². The molecule has 3 rings (SSSR count). The van der Waals surface area contributed by atoms with E-state index in [1.165, 1.54) is 5.56 Å². The molecule has 3 aromatic rings. The average molecular weight is 279 g/mol. The Morgan fingerprint density at radius 2 is 1.76 bits per heavy atom. The van der Waals surface area contributed by atoms with Crippen LogP contribution in [0.1, 0.15) is 17.2 Å². The second-order valence-electron chi connectivity index (χ2n) is 4.96. The summed E-state index contributed by atoms with van der Waals surface area (Å²) in [5, 5.41) is 12.7. The van der Waals surface area contributed by atoms with Crippen molar-refractivity contribution in [2.75, 3.05) is 6.54 Å². The lowest BCUT2D eigenvalue weighted by atomic mass is 10.1. The van der Waals surface area contributed by atoms with Gasteiger partial charge in [-0.15, -0.1) is 10.2 Å². The highest BCUT2D eigenvalue weighted by atomic mass is 15.6. The van der Waals surface area contributed by atoms with Crippen molar-refractivity contribution < 1.29 is 0 Å². The van der Waals surface area contributed by atoms with E-state index in [9.17, 15) is 0 Å². The SMILES string of the molecule is Cc1ccc(C(CN)n2nnc(-c3ccccc3)n2)cc1. The van der Waals surface area contributed by atoms with E-state index in [2.05, 4.69) is 46.6 Å². The monoisotopic (exact) mass is 279 g/mol. The molecule has 2 N–H and O–H groups in total. The van der Waals surface area contributed by atoms with Gasteiger partial charge in [0.05, 0.1) is 0 Å². The van der Waals surface area contributed by atoms with Gasteiger partial charge in [0.25, 0.3) is 0 Å². The molecule has 0 radical (unpaired) electrons. The molecule has 0 saturated carbocycles. The Morgan fingerprint density at radius 1 is 1.05 bits per heavy atom. The smallest absolute Gasteiger partial charge is 0.204 e. The van der Waals surface area contributed by atoms with Crippen molar-refractivity contribution in [1.29, 1.82) is 0 Å². The van der Waals surface area contributed by atoms with Crippen LogP contribution in [-0.4, -0.2) is 26.8 Å². The Kier molecular flexibility index (Phi) is 3.75. The number of nitrogens with two attached hydrogens (primary N) is 1. The lowest BCUT2D eigenvalue weighted by molar-refractivity contribution is 0.458. The minimum absolute atomic E-state index is 0.101. The van der Waals surface area contributed by atoms with Crippen LogP contribution >= 0.6 is 0 Å². The van der Waals surface area contributed by atoms with Crippen molar-refractivity contribution in [1.82, 2.24) is 20.2 Å². The molecule has 0 bridgehead atoms. The van der Waals surface area contributed by atoms with Crippen LogP contribution < -0.4 is 5.73 Å². The first-order valence-corrected chi connectivity index (χ1v) is 6.89. The van der Waals surface area contributed by atoms with Crippen LogP contribution in [0.15, 0.2) is 54.6 Å². The fourth-order valence-electron chi connectivity index (χ4n) is 2.21. The quantitative estimate of drug-likeness (QED) is 0.795. The van der Waals surface area contributed by atoms with Gasteiger partial charge in [0.15, 0.2) is 0 Å². The van der Waals surface area contributed by atoms with E-state index >= 15 is 0 Å². The highest BCUT2D eigenvalue weighted by Gasteiger charge is 2.16. The van der Waals surface area contributed by atoms with Crippen LogP contribution in [0, 0.1) is 6.92 Å².